The topological polar surface area (TPSA) is 114 Å². The van der Waals surface area contributed by atoms with E-state index in [-0.39, 0.29) is 5.82 Å². The SMILES string of the molecule is CCCCCCn1cc(C=Cc2nc(O)c([N+](=O)[O-])c(=O)[nH]2)c2ccccc21. The van der Waals surface area contributed by atoms with Crippen LogP contribution < -0.4 is 5.56 Å². The third-order valence-electron chi connectivity index (χ3n) is 4.57. The minimum atomic E-state index is -0.990. The molecule has 1 aromatic carbocycles. The van der Waals surface area contributed by atoms with Crippen LogP contribution in [0.1, 0.15) is 44.0 Å². The summed E-state index contributed by atoms with van der Waals surface area (Å²) >= 11 is 0. The van der Waals surface area contributed by atoms with E-state index in [0.717, 1.165) is 29.4 Å². The summed E-state index contributed by atoms with van der Waals surface area (Å²) in [4.78, 5) is 27.6. The smallest absolute Gasteiger partial charge is 0.395 e. The van der Waals surface area contributed by atoms with E-state index in [9.17, 15) is 20.0 Å². The van der Waals surface area contributed by atoms with Gasteiger partial charge in [-0.05, 0) is 24.6 Å². The lowest BCUT2D eigenvalue weighted by atomic mass is 10.1. The number of para-hydroxylation sites is 1. The molecule has 0 radical (unpaired) electrons. The van der Waals surface area contributed by atoms with Crippen molar-refractivity contribution in [1.29, 1.82) is 0 Å². The largest absolute Gasteiger partial charge is 0.488 e. The van der Waals surface area contributed by atoms with Gasteiger partial charge in [0.25, 0.3) is 5.88 Å². The van der Waals surface area contributed by atoms with Gasteiger partial charge >= 0.3 is 11.2 Å². The second-order valence-electron chi connectivity index (χ2n) is 6.57. The molecule has 0 aliphatic heterocycles. The molecule has 0 atom stereocenters. The summed E-state index contributed by atoms with van der Waals surface area (Å²) in [5.41, 5.74) is 0.106. The first kappa shape index (κ1) is 19.3. The summed E-state index contributed by atoms with van der Waals surface area (Å²) < 4.78 is 2.20. The van der Waals surface area contributed by atoms with Gasteiger partial charge in [0.1, 0.15) is 5.82 Å². The number of hydrogen-bond donors (Lipinski definition) is 2. The molecule has 0 unspecified atom stereocenters. The number of aromatic nitrogens is 3. The first-order chi connectivity index (χ1) is 13.5. The number of hydrogen-bond acceptors (Lipinski definition) is 5. The Labute approximate surface area is 161 Å². The summed E-state index contributed by atoms with van der Waals surface area (Å²) in [5.74, 6) is -0.848. The summed E-state index contributed by atoms with van der Waals surface area (Å²) in [7, 11) is 0. The standard InChI is InChI=1S/C20H22N4O4/c1-2-3-4-7-12-23-13-14(15-8-5-6-9-16(15)23)10-11-17-21-19(25)18(24(27)28)20(26)22-17/h5-6,8-11,13H,2-4,7,12H2,1H3,(H2,21,22,25,26). The van der Waals surface area contributed by atoms with E-state index in [1.54, 1.807) is 6.08 Å². The molecule has 2 N–H and O–H groups in total. The van der Waals surface area contributed by atoms with Gasteiger partial charge in [-0.25, -0.2) is 0 Å². The Morgan fingerprint density at radius 2 is 2.04 bits per heavy atom. The van der Waals surface area contributed by atoms with Gasteiger partial charge in [-0.3, -0.25) is 14.9 Å². The minimum absolute atomic E-state index is 0.0490. The first-order valence-electron chi connectivity index (χ1n) is 9.25. The summed E-state index contributed by atoms with van der Waals surface area (Å²) in [5, 5.41) is 21.5. The first-order valence-corrected chi connectivity index (χ1v) is 9.25. The van der Waals surface area contributed by atoms with Crippen molar-refractivity contribution in [1.82, 2.24) is 14.5 Å². The number of fused-ring (bicyclic) bond motifs is 1. The van der Waals surface area contributed by atoms with Gasteiger partial charge in [0.05, 0.1) is 4.92 Å². The fraction of sp³-hybridized carbons (Fsp3) is 0.300. The van der Waals surface area contributed by atoms with E-state index in [4.69, 9.17) is 0 Å². The molecule has 0 fully saturated rings. The van der Waals surface area contributed by atoms with Gasteiger partial charge in [0, 0.05) is 29.2 Å². The number of aromatic hydroxyl groups is 1. The molecule has 8 nitrogen and oxygen atoms in total. The van der Waals surface area contributed by atoms with Crippen LogP contribution in [0.15, 0.2) is 35.3 Å². The van der Waals surface area contributed by atoms with E-state index in [2.05, 4.69) is 27.5 Å². The van der Waals surface area contributed by atoms with Crippen LogP contribution in [-0.2, 0) is 6.54 Å². The van der Waals surface area contributed by atoms with Gasteiger partial charge in [0.2, 0.25) is 0 Å². The normalized spacial score (nSPS) is 11.5. The number of rotatable bonds is 8. The van der Waals surface area contributed by atoms with Crippen LogP contribution in [0, 0.1) is 10.1 Å². The summed E-state index contributed by atoms with van der Waals surface area (Å²) in [6.07, 6.45) is 10.0. The molecule has 8 heteroatoms. The number of nitro groups is 1. The predicted octanol–water partition coefficient (Wildman–Crippen LogP) is 4.09. The highest BCUT2D eigenvalue weighted by Gasteiger charge is 2.21. The summed E-state index contributed by atoms with van der Waals surface area (Å²) in [6.45, 7) is 3.10. The maximum atomic E-state index is 11.8. The van der Waals surface area contributed by atoms with E-state index in [0.29, 0.717) is 0 Å². The van der Waals surface area contributed by atoms with Crippen LogP contribution in [0.25, 0.3) is 23.1 Å². The number of H-pyrrole nitrogens is 1. The molecule has 3 aromatic rings. The molecule has 0 bridgehead atoms. The third kappa shape index (κ3) is 4.11. The zero-order valence-corrected chi connectivity index (χ0v) is 15.6. The Bertz CT molecular complexity index is 1080. The second kappa shape index (κ2) is 8.51. The van der Waals surface area contributed by atoms with Crippen LogP contribution in [0.5, 0.6) is 5.88 Å². The second-order valence-corrected chi connectivity index (χ2v) is 6.57. The molecule has 28 heavy (non-hydrogen) atoms. The number of unbranched alkanes of at least 4 members (excludes halogenated alkanes) is 3. The van der Waals surface area contributed by atoms with Crippen LogP contribution in [0.4, 0.5) is 5.69 Å². The van der Waals surface area contributed by atoms with E-state index >= 15 is 0 Å². The van der Waals surface area contributed by atoms with Gasteiger partial charge in [-0.2, -0.15) is 4.98 Å². The Morgan fingerprint density at radius 1 is 1.25 bits per heavy atom. The van der Waals surface area contributed by atoms with Crippen molar-refractivity contribution < 1.29 is 10.0 Å². The van der Waals surface area contributed by atoms with Crippen molar-refractivity contribution in [2.24, 2.45) is 0 Å². The van der Waals surface area contributed by atoms with Crippen molar-refractivity contribution in [2.75, 3.05) is 0 Å². The lowest BCUT2D eigenvalue weighted by Gasteiger charge is -2.04. The predicted molar refractivity (Wildman–Crippen MR) is 108 cm³/mol. The van der Waals surface area contributed by atoms with Crippen LogP contribution >= 0.6 is 0 Å². The quantitative estimate of drug-likeness (QED) is 0.346. The van der Waals surface area contributed by atoms with Crippen molar-refractivity contribution in [3.8, 4) is 5.88 Å². The molecule has 146 valence electrons. The zero-order chi connectivity index (χ0) is 20.1. The number of benzene rings is 1. The average molecular weight is 382 g/mol. The highest BCUT2D eigenvalue weighted by molar-refractivity contribution is 5.91. The highest BCUT2D eigenvalue weighted by Crippen LogP contribution is 2.24. The van der Waals surface area contributed by atoms with Gasteiger partial charge in [0.15, 0.2) is 0 Å². The third-order valence-corrected chi connectivity index (χ3v) is 4.57. The van der Waals surface area contributed by atoms with Crippen molar-refractivity contribution >= 4 is 28.7 Å². The minimum Gasteiger partial charge on any atom is -0.488 e. The Morgan fingerprint density at radius 3 is 2.75 bits per heavy atom. The Kier molecular flexibility index (Phi) is 5.88. The molecule has 2 heterocycles. The van der Waals surface area contributed by atoms with Crippen molar-refractivity contribution in [3.05, 3.63) is 62.3 Å². The molecule has 0 saturated carbocycles. The molecule has 2 aromatic heterocycles. The molecular formula is C20H22N4O4. The van der Waals surface area contributed by atoms with Crippen LogP contribution in [0.3, 0.4) is 0 Å². The highest BCUT2D eigenvalue weighted by atomic mass is 16.6. The van der Waals surface area contributed by atoms with Crippen molar-refractivity contribution in [2.45, 2.75) is 39.2 Å². The molecule has 3 rings (SSSR count). The van der Waals surface area contributed by atoms with Crippen molar-refractivity contribution in [3.63, 3.8) is 0 Å². The number of aryl methyl sites for hydroxylation is 1. The molecule has 0 aliphatic carbocycles. The van der Waals surface area contributed by atoms with Crippen LogP contribution in [0.2, 0.25) is 0 Å². The Hall–Kier alpha value is -3.42. The molecule has 0 spiro atoms. The van der Waals surface area contributed by atoms with Gasteiger partial charge < -0.3 is 14.7 Å². The average Bonchev–Trinajstić information content (AvgIpc) is 3.01. The number of aromatic amines is 1. The molecule has 0 aliphatic rings. The number of nitrogens with one attached hydrogen (secondary N) is 1. The molecular weight excluding hydrogens is 360 g/mol. The monoisotopic (exact) mass is 382 g/mol. The van der Waals surface area contributed by atoms with E-state index in [1.165, 1.54) is 25.3 Å². The fourth-order valence-corrected chi connectivity index (χ4v) is 3.19. The van der Waals surface area contributed by atoms with Gasteiger partial charge in [-0.15, -0.1) is 0 Å². The van der Waals surface area contributed by atoms with Gasteiger partial charge in [-0.1, -0.05) is 44.4 Å². The Balaban J connectivity index is 1.90. The van der Waals surface area contributed by atoms with E-state index in [1.807, 2.05) is 24.4 Å². The summed E-state index contributed by atoms with van der Waals surface area (Å²) in [6, 6.07) is 8.02. The fourth-order valence-electron chi connectivity index (χ4n) is 3.19. The maximum absolute atomic E-state index is 11.8. The maximum Gasteiger partial charge on any atom is 0.395 e. The lowest BCUT2D eigenvalue weighted by molar-refractivity contribution is -0.387. The zero-order valence-electron chi connectivity index (χ0n) is 15.6. The van der Waals surface area contributed by atoms with Crippen LogP contribution in [-0.4, -0.2) is 24.6 Å². The molecule has 0 amide bonds. The number of nitrogens with zero attached hydrogens (tertiary/aromatic N) is 3. The van der Waals surface area contributed by atoms with E-state index < -0.39 is 22.0 Å². The molecule has 0 saturated heterocycles. The lowest BCUT2D eigenvalue weighted by Crippen LogP contribution is -2.14.